The summed E-state index contributed by atoms with van der Waals surface area (Å²) in [5.41, 5.74) is 0.800. The summed E-state index contributed by atoms with van der Waals surface area (Å²) in [4.78, 5) is 12.0. The van der Waals surface area contributed by atoms with E-state index in [2.05, 4.69) is 5.32 Å². The van der Waals surface area contributed by atoms with Crippen molar-refractivity contribution in [3.05, 3.63) is 29.8 Å². The Kier molecular flexibility index (Phi) is 4.80. The first-order valence-corrected chi connectivity index (χ1v) is 6.87. The Balaban J connectivity index is 1.90. The molecule has 1 aliphatic rings. The fourth-order valence-corrected chi connectivity index (χ4v) is 2.73. The average molecular weight is 263 g/mol. The lowest BCUT2D eigenvalue weighted by Crippen LogP contribution is -2.44. The third kappa shape index (κ3) is 3.96. The van der Waals surface area contributed by atoms with Gasteiger partial charge in [0.15, 0.2) is 0 Å². The number of nitrogens with one attached hydrogen (secondary N) is 1. The Bertz CT molecular complexity index is 433. The molecule has 0 bridgehead atoms. The molecule has 0 radical (unpaired) electrons. The number of hydrogen-bond donors (Lipinski definition) is 3. The second-order valence-corrected chi connectivity index (χ2v) is 5.25. The molecule has 1 aromatic carbocycles. The molecule has 0 aromatic heterocycles. The van der Waals surface area contributed by atoms with Crippen LogP contribution in [0.5, 0.6) is 5.75 Å². The van der Waals surface area contributed by atoms with Crippen molar-refractivity contribution in [3.8, 4) is 5.75 Å². The minimum atomic E-state index is -0.0454. The van der Waals surface area contributed by atoms with Crippen LogP contribution in [0, 0.1) is 5.92 Å². The lowest BCUT2D eigenvalue weighted by atomic mass is 9.85. The maximum Gasteiger partial charge on any atom is 0.224 e. The molecule has 104 valence electrons. The maximum atomic E-state index is 12.0. The van der Waals surface area contributed by atoms with Crippen molar-refractivity contribution in [1.29, 1.82) is 0 Å². The van der Waals surface area contributed by atoms with E-state index in [4.69, 9.17) is 0 Å². The van der Waals surface area contributed by atoms with Crippen molar-refractivity contribution in [2.45, 2.75) is 38.1 Å². The van der Waals surface area contributed by atoms with Gasteiger partial charge < -0.3 is 15.5 Å². The lowest BCUT2D eigenvalue weighted by Gasteiger charge is -2.30. The zero-order valence-corrected chi connectivity index (χ0v) is 11.0. The van der Waals surface area contributed by atoms with Crippen molar-refractivity contribution in [1.82, 2.24) is 5.32 Å². The number of amides is 1. The predicted molar refractivity (Wildman–Crippen MR) is 72.8 cm³/mol. The summed E-state index contributed by atoms with van der Waals surface area (Å²) < 4.78 is 0. The van der Waals surface area contributed by atoms with Gasteiger partial charge in [-0.15, -0.1) is 0 Å². The highest BCUT2D eigenvalue weighted by atomic mass is 16.3. The van der Waals surface area contributed by atoms with Gasteiger partial charge in [-0.25, -0.2) is 0 Å². The zero-order valence-electron chi connectivity index (χ0n) is 11.0. The Labute approximate surface area is 113 Å². The average Bonchev–Trinajstić information content (AvgIpc) is 2.39. The van der Waals surface area contributed by atoms with E-state index in [1.165, 1.54) is 0 Å². The van der Waals surface area contributed by atoms with Gasteiger partial charge in [0.25, 0.3) is 0 Å². The van der Waals surface area contributed by atoms with E-state index in [-0.39, 0.29) is 36.6 Å². The Morgan fingerprint density at radius 1 is 1.32 bits per heavy atom. The highest BCUT2D eigenvalue weighted by Crippen LogP contribution is 2.24. The molecule has 0 spiro atoms. The number of aliphatic hydroxyl groups is 1. The molecule has 19 heavy (non-hydrogen) atoms. The van der Waals surface area contributed by atoms with Gasteiger partial charge in [-0.05, 0) is 30.5 Å². The summed E-state index contributed by atoms with van der Waals surface area (Å²) in [6.07, 6.45) is 4.42. The highest BCUT2D eigenvalue weighted by molar-refractivity contribution is 5.79. The van der Waals surface area contributed by atoms with Gasteiger partial charge in [-0.3, -0.25) is 4.79 Å². The number of carbonyl (C=O) groups is 1. The minimum absolute atomic E-state index is 0.0454. The molecule has 2 rings (SSSR count). The smallest absolute Gasteiger partial charge is 0.224 e. The third-order valence-electron chi connectivity index (χ3n) is 3.77. The normalized spacial score (nSPS) is 23.0. The van der Waals surface area contributed by atoms with Crippen LogP contribution >= 0.6 is 0 Å². The van der Waals surface area contributed by atoms with Crippen LogP contribution in [0.15, 0.2) is 24.3 Å². The van der Waals surface area contributed by atoms with Crippen molar-refractivity contribution in [2.75, 3.05) is 6.61 Å². The first-order valence-electron chi connectivity index (χ1n) is 6.87. The molecule has 1 aromatic rings. The van der Waals surface area contributed by atoms with Crippen molar-refractivity contribution >= 4 is 5.91 Å². The Morgan fingerprint density at radius 2 is 2.11 bits per heavy atom. The van der Waals surface area contributed by atoms with E-state index in [1.807, 2.05) is 6.07 Å². The number of benzene rings is 1. The molecule has 3 N–H and O–H groups in total. The van der Waals surface area contributed by atoms with Gasteiger partial charge in [0, 0.05) is 18.6 Å². The summed E-state index contributed by atoms with van der Waals surface area (Å²) in [5.74, 6) is 0.314. The largest absolute Gasteiger partial charge is 0.508 e. The predicted octanol–water partition coefficient (Wildman–Crippen LogP) is 1.60. The number of carbonyl (C=O) groups excluding carboxylic acids is 1. The molecule has 0 aliphatic heterocycles. The Morgan fingerprint density at radius 3 is 2.84 bits per heavy atom. The fourth-order valence-electron chi connectivity index (χ4n) is 2.73. The summed E-state index contributed by atoms with van der Waals surface area (Å²) >= 11 is 0. The van der Waals surface area contributed by atoms with Gasteiger partial charge in [0.05, 0.1) is 6.42 Å². The van der Waals surface area contributed by atoms with E-state index >= 15 is 0 Å². The number of hydrogen-bond acceptors (Lipinski definition) is 3. The van der Waals surface area contributed by atoms with Crippen molar-refractivity contribution < 1.29 is 15.0 Å². The monoisotopic (exact) mass is 263 g/mol. The lowest BCUT2D eigenvalue weighted by molar-refractivity contribution is -0.121. The zero-order chi connectivity index (χ0) is 13.7. The molecule has 2 unspecified atom stereocenters. The molecule has 0 saturated heterocycles. The second-order valence-electron chi connectivity index (χ2n) is 5.25. The van der Waals surface area contributed by atoms with E-state index < -0.39 is 0 Å². The van der Waals surface area contributed by atoms with Crippen LogP contribution in [0.2, 0.25) is 0 Å². The first kappa shape index (κ1) is 13.9. The first-order chi connectivity index (χ1) is 9.19. The number of phenols is 1. The van der Waals surface area contributed by atoms with Crippen LogP contribution in [0.25, 0.3) is 0 Å². The number of phenolic OH excluding ortho intramolecular Hbond substituents is 1. The van der Waals surface area contributed by atoms with E-state index in [0.29, 0.717) is 0 Å². The number of aliphatic hydroxyl groups excluding tert-OH is 1. The van der Waals surface area contributed by atoms with Crippen LogP contribution in [0.1, 0.15) is 31.2 Å². The van der Waals surface area contributed by atoms with Gasteiger partial charge in [0.2, 0.25) is 5.91 Å². The highest BCUT2D eigenvalue weighted by Gasteiger charge is 2.25. The Hall–Kier alpha value is -1.55. The topological polar surface area (TPSA) is 69.6 Å². The molecule has 1 amide bonds. The van der Waals surface area contributed by atoms with Crippen LogP contribution in [0.3, 0.4) is 0 Å². The molecule has 1 saturated carbocycles. The van der Waals surface area contributed by atoms with Gasteiger partial charge in [-0.1, -0.05) is 25.0 Å². The van der Waals surface area contributed by atoms with Crippen LogP contribution in [-0.2, 0) is 11.2 Å². The van der Waals surface area contributed by atoms with Crippen molar-refractivity contribution in [2.24, 2.45) is 5.92 Å². The van der Waals surface area contributed by atoms with Crippen LogP contribution < -0.4 is 5.32 Å². The van der Waals surface area contributed by atoms with Crippen molar-refractivity contribution in [3.63, 3.8) is 0 Å². The second kappa shape index (κ2) is 6.57. The standard InChI is InChI=1S/C15H21NO3/c17-10-12-5-1-2-7-14(12)16-15(19)9-11-4-3-6-13(18)8-11/h3-4,6,8,12,14,17-18H,1-2,5,7,9-10H2,(H,16,19). The number of aromatic hydroxyl groups is 1. The molecule has 4 nitrogen and oxygen atoms in total. The molecule has 2 atom stereocenters. The molecular weight excluding hydrogens is 242 g/mol. The summed E-state index contributed by atoms with van der Waals surface area (Å²) in [6.45, 7) is 0.136. The molecule has 1 fully saturated rings. The van der Waals surface area contributed by atoms with E-state index in [0.717, 1.165) is 31.2 Å². The fraction of sp³-hybridized carbons (Fsp3) is 0.533. The number of rotatable bonds is 4. The van der Waals surface area contributed by atoms with E-state index in [1.54, 1.807) is 18.2 Å². The molecule has 1 aliphatic carbocycles. The quantitative estimate of drug-likeness (QED) is 0.773. The van der Waals surface area contributed by atoms with Gasteiger partial charge >= 0.3 is 0 Å². The summed E-state index contributed by atoms with van der Waals surface area (Å²) in [7, 11) is 0. The summed E-state index contributed by atoms with van der Waals surface area (Å²) in [5, 5.41) is 21.7. The van der Waals surface area contributed by atoms with Gasteiger partial charge in [-0.2, -0.15) is 0 Å². The summed E-state index contributed by atoms with van der Waals surface area (Å²) in [6, 6.07) is 6.83. The molecular formula is C15H21NO3. The maximum absolute atomic E-state index is 12.0. The van der Waals surface area contributed by atoms with Crippen LogP contribution in [-0.4, -0.2) is 28.8 Å². The van der Waals surface area contributed by atoms with Gasteiger partial charge in [0.1, 0.15) is 5.75 Å². The third-order valence-corrected chi connectivity index (χ3v) is 3.77. The molecule has 0 heterocycles. The molecule has 4 heteroatoms. The SMILES string of the molecule is O=C(Cc1cccc(O)c1)NC1CCCCC1CO. The minimum Gasteiger partial charge on any atom is -0.508 e. The van der Waals surface area contributed by atoms with Crippen LogP contribution in [0.4, 0.5) is 0 Å². The van der Waals surface area contributed by atoms with E-state index in [9.17, 15) is 15.0 Å².